The van der Waals surface area contributed by atoms with E-state index in [9.17, 15) is 0 Å². The number of amidine groups is 1. The number of hydrogen-bond acceptors (Lipinski definition) is 3. The Labute approximate surface area is 109 Å². The van der Waals surface area contributed by atoms with E-state index in [0.717, 1.165) is 24.6 Å². The van der Waals surface area contributed by atoms with Gasteiger partial charge >= 0.3 is 0 Å². The molecule has 4 heteroatoms. The lowest BCUT2D eigenvalue weighted by molar-refractivity contribution is 0.106. The van der Waals surface area contributed by atoms with E-state index in [1.54, 1.807) is 6.20 Å². The third-order valence-corrected chi connectivity index (χ3v) is 4.02. The molecule has 0 spiro atoms. The number of pyridine rings is 1. The van der Waals surface area contributed by atoms with E-state index < -0.39 is 0 Å². The molecule has 0 bridgehead atoms. The maximum Gasteiger partial charge on any atom is 0.142 e. The molecule has 1 aromatic heterocycles. The lowest BCUT2D eigenvalue weighted by Gasteiger charge is -2.38. The summed E-state index contributed by atoms with van der Waals surface area (Å²) in [7, 11) is 0. The van der Waals surface area contributed by atoms with Crippen molar-refractivity contribution in [3.63, 3.8) is 0 Å². The highest BCUT2D eigenvalue weighted by Gasteiger charge is 2.25. The van der Waals surface area contributed by atoms with Gasteiger partial charge in [0.2, 0.25) is 0 Å². The van der Waals surface area contributed by atoms with Gasteiger partial charge in [-0.15, -0.1) is 0 Å². The predicted molar refractivity (Wildman–Crippen MR) is 73.5 cm³/mol. The highest BCUT2D eigenvalue weighted by atomic mass is 15.2. The molecule has 0 amide bonds. The largest absolute Gasteiger partial charge is 0.382 e. The molecular weight excluding hydrogens is 224 g/mol. The van der Waals surface area contributed by atoms with E-state index >= 15 is 0 Å². The van der Waals surface area contributed by atoms with Gasteiger partial charge in [0.25, 0.3) is 0 Å². The van der Waals surface area contributed by atoms with Crippen LogP contribution in [0.3, 0.4) is 0 Å². The highest BCUT2D eigenvalue weighted by molar-refractivity contribution is 5.94. The minimum Gasteiger partial charge on any atom is -0.382 e. The number of aromatic nitrogens is 1. The van der Waals surface area contributed by atoms with Crippen LogP contribution < -0.4 is 5.73 Å². The number of nitrogens with two attached hydrogens (primary N) is 1. The highest BCUT2D eigenvalue weighted by Crippen LogP contribution is 2.24. The van der Waals surface area contributed by atoms with Crippen LogP contribution >= 0.6 is 0 Å². The average Bonchev–Trinajstić information content (AvgIpc) is 2.35. The molecular formula is C14H22N4. The van der Waals surface area contributed by atoms with Gasteiger partial charge in [0.15, 0.2) is 0 Å². The smallest absolute Gasteiger partial charge is 0.142 e. The summed E-state index contributed by atoms with van der Waals surface area (Å²) in [6.45, 7) is 6.56. The summed E-state index contributed by atoms with van der Waals surface area (Å²) < 4.78 is 0. The fourth-order valence-corrected chi connectivity index (χ4v) is 2.67. The summed E-state index contributed by atoms with van der Waals surface area (Å²) in [5.41, 5.74) is 7.27. The number of nitrogens with one attached hydrogen (secondary N) is 1. The maximum absolute atomic E-state index is 7.58. The van der Waals surface area contributed by atoms with Gasteiger partial charge in [-0.25, -0.2) is 0 Å². The molecule has 98 valence electrons. The van der Waals surface area contributed by atoms with E-state index in [2.05, 4.69) is 23.7 Å². The van der Waals surface area contributed by atoms with Crippen molar-refractivity contribution in [3.05, 3.63) is 29.6 Å². The predicted octanol–water partition coefficient (Wildman–Crippen LogP) is 1.99. The second-order valence-corrected chi connectivity index (χ2v) is 5.26. The standard InChI is InChI=1S/C14H22N4/c1-10-5-4-8-18(11(10)2)9-12-6-3-7-17-13(12)14(15)16/h3,6-7,10-11H,4-5,8-9H2,1-2H3,(H3,15,16). The molecule has 2 unspecified atom stereocenters. The minimum absolute atomic E-state index is 0.0586. The fourth-order valence-electron chi connectivity index (χ4n) is 2.67. The summed E-state index contributed by atoms with van der Waals surface area (Å²) in [4.78, 5) is 6.68. The zero-order valence-corrected chi connectivity index (χ0v) is 11.2. The first-order valence-electron chi connectivity index (χ1n) is 6.62. The van der Waals surface area contributed by atoms with Crippen molar-refractivity contribution in [2.24, 2.45) is 11.7 Å². The molecule has 1 saturated heterocycles. The fraction of sp³-hybridized carbons (Fsp3) is 0.571. The summed E-state index contributed by atoms with van der Waals surface area (Å²) in [6.07, 6.45) is 4.26. The van der Waals surface area contributed by atoms with Crippen molar-refractivity contribution >= 4 is 5.84 Å². The van der Waals surface area contributed by atoms with Crippen molar-refractivity contribution < 1.29 is 0 Å². The van der Waals surface area contributed by atoms with Crippen LogP contribution in [0.5, 0.6) is 0 Å². The van der Waals surface area contributed by atoms with Gasteiger partial charge in [-0.1, -0.05) is 13.0 Å². The SMILES string of the molecule is CC1CCCN(Cc2cccnc2C(=N)N)C1C. The summed E-state index contributed by atoms with van der Waals surface area (Å²) in [5.74, 6) is 0.791. The first kappa shape index (κ1) is 13.0. The molecule has 0 saturated carbocycles. The Morgan fingerprint density at radius 2 is 2.33 bits per heavy atom. The lowest BCUT2D eigenvalue weighted by Crippen LogP contribution is -2.42. The third-order valence-electron chi connectivity index (χ3n) is 4.02. The Morgan fingerprint density at radius 3 is 3.06 bits per heavy atom. The van der Waals surface area contributed by atoms with Crippen LogP contribution in [0.25, 0.3) is 0 Å². The van der Waals surface area contributed by atoms with E-state index in [-0.39, 0.29) is 5.84 Å². The molecule has 2 rings (SSSR count). The Bertz CT molecular complexity index is 430. The van der Waals surface area contributed by atoms with Crippen LogP contribution in [0, 0.1) is 11.3 Å². The van der Waals surface area contributed by atoms with Crippen LogP contribution in [0.2, 0.25) is 0 Å². The molecule has 3 N–H and O–H groups in total. The molecule has 1 fully saturated rings. The zero-order chi connectivity index (χ0) is 13.1. The van der Waals surface area contributed by atoms with E-state index in [1.165, 1.54) is 12.8 Å². The van der Waals surface area contributed by atoms with Crippen molar-refractivity contribution in [1.29, 1.82) is 5.41 Å². The molecule has 2 heterocycles. The van der Waals surface area contributed by atoms with Crippen LogP contribution in [-0.2, 0) is 6.54 Å². The molecule has 0 radical (unpaired) electrons. The van der Waals surface area contributed by atoms with Gasteiger partial charge in [0, 0.05) is 18.8 Å². The number of piperidine rings is 1. The van der Waals surface area contributed by atoms with Crippen molar-refractivity contribution in [1.82, 2.24) is 9.88 Å². The van der Waals surface area contributed by atoms with Gasteiger partial charge in [-0.2, -0.15) is 0 Å². The maximum atomic E-state index is 7.58. The minimum atomic E-state index is 0.0586. The molecule has 1 aliphatic rings. The molecule has 0 aliphatic carbocycles. The number of likely N-dealkylation sites (tertiary alicyclic amines) is 1. The second-order valence-electron chi connectivity index (χ2n) is 5.26. The Hall–Kier alpha value is -1.42. The van der Waals surface area contributed by atoms with Crippen LogP contribution in [0.4, 0.5) is 0 Å². The zero-order valence-electron chi connectivity index (χ0n) is 11.2. The third kappa shape index (κ3) is 2.70. The van der Waals surface area contributed by atoms with Gasteiger partial charge in [-0.3, -0.25) is 15.3 Å². The van der Waals surface area contributed by atoms with Gasteiger partial charge < -0.3 is 5.73 Å². The Morgan fingerprint density at radius 1 is 1.56 bits per heavy atom. The normalized spacial score (nSPS) is 25.0. The second kappa shape index (κ2) is 5.48. The average molecular weight is 246 g/mol. The summed E-state index contributed by atoms with van der Waals surface area (Å²) in [6, 6.07) is 4.52. The van der Waals surface area contributed by atoms with E-state index in [0.29, 0.717) is 11.7 Å². The molecule has 18 heavy (non-hydrogen) atoms. The van der Waals surface area contributed by atoms with Crippen molar-refractivity contribution in [2.45, 2.75) is 39.3 Å². The van der Waals surface area contributed by atoms with Crippen LogP contribution in [0.15, 0.2) is 18.3 Å². The number of nitrogen functional groups attached to an aromatic ring is 1. The lowest BCUT2D eigenvalue weighted by atomic mass is 9.91. The molecule has 1 aromatic rings. The molecule has 1 aliphatic heterocycles. The first-order valence-corrected chi connectivity index (χ1v) is 6.62. The molecule has 4 nitrogen and oxygen atoms in total. The molecule has 0 aromatic carbocycles. The Kier molecular flexibility index (Phi) is 3.97. The van der Waals surface area contributed by atoms with Gasteiger partial charge in [-0.05, 0) is 43.9 Å². The topological polar surface area (TPSA) is 66.0 Å². The van der Waals surface area contributed by atoms with E-state index in [1.807, 2.05) is 12.1 Å². The van der Waals surface area contributed by atoms with Crippen LogP contribution in [0.1, 0.15) is 37.9 Å². The monoisotopic (exact) mass is 246 g/mol. The van der Waals surface area contributed by atoms with Crippen molar-refractivity contribution in [2.75, 3.05) is 6.54 Å². The number of hydrogen-bond donors (Lipinski definition) is 2. The summed E-state index contributed by atoms with van der Waals surface area (Å²) in [5, 5.41) is 7.58. The number of rotatable bonds is 3. The van der Waals surface area contributed by atoms with Crippen molar-refractivity contribution in [3.8, 4) is 0 Å². The Balaban J connectivity index is 2.16. The van der Waals surface area contributed by atoms with Gasteiger partial charge in [0.1, 0.15) is 11.5 Å². The molecule has 2 atom stereocenters. The number of nitrogens with zero attached hydrogens (tertiary/aromatic N) is 2. The van der Waals surface area contributed by atoms with Gasteiger partial charge in [0.05, 0.1) is 0 Å². The summed E-state index contributed by atoms with van der Waals surface area (Å²) >= 11 is 0. The van der Waals surface area contributed by atoms with Crippen LogP contribution in [-0.4, -0.2) is 28.3 Å². The quantitative estimate of drug-likeness (QED) is 0.633. The first-order chi connectivity index (χ1) is 8.59. The van der Waals surface area contributed by atoms with E-state index in [4.69, 9.17) is 11.1 Å².